The van der Waals surface area contributed by atoms with E-state index in [9.17, 15) is 14.4 Å². The summed E-state index contributed by atoms with van der Waals surface area (Å²) in [5.41, 5.74) is -1.23. The van der Waals surface area contributed by atoms with E-state index in [4.69, 9.17) is 0 Å². The zero-order chi connectivity index (χ0) is 11.5. The van der Waals surface area contributed by atoms with Crippen molar-refractivity contribution in [2.45, 2.75) is 6.42 Å². The second kappa shape index (κ2) is 4.25. The fourth-order valence-electron chi connectivity index (χ4n) is 1.62. The van der Waals surface area contributed by atoms with Gasteiger partial charge in [0.1, 0.15) is 6.29 Å². The van der Waals surface area contributed by atoms with Crippen molar-refractivity contribution in [2.24, 2.45) is 11.3 Å². The first-order chi connectivity index (χ1) is 7.13. The van der Waals surface area contributed by atoms with Crippen LogP contribution >= 0.6 is 0 Å². The SMILES string of the molecule is COC(=O)C1(C(=O)OC)CC1/C=C\C=O. The van der Waals surface area contributed by atoms with Crippen molar-refractivity contribution < 1.29 is 23.9 Å². The van der Waals surface area contributed by atoms with E-state index < -0.39 is 17.4 Å². The van der Waals surface area contributed by atoms with Crippen LogP contribution < -0.4 is 0 Å². The van der Waals surface area contributed by atoms with Gasteiger partial charge in [0.15, 0.2) is 5.41 Å². The number of hydrogen-bond acceptors (Lipinski definition) is 5. The maximum atomic E-state index is 11.4. The smallest absolute Gasteiger partial charge is 0.323 e. The molecule has 0 bridgehead atoms. The molecule has 0 aliphatic heterocycles. The number of ether oxygens (including phenoxy) is 2. The Kier molecular flexibility index (Phi) is 3.24. The molecule has 1 unspecified atom stereocenters. The number of aldehydes is 1. The fourth-order valence-corrected chi connectivity index (χ4v) is 1.62. The molecule has 0 N–H and O–H groups in total. The second-order valence-electron chi connectivity index (χ2n) is 3.29. The summed E-state index contributed by atoms with van der Waals surface area (Å²) in [4.78, 5) is 33.0. The molecule has 0 radical (unpaired) electrons. The van der Waals surface area contributed by atoms with Crippen molar-refractivity contribution in [3.8, 4) is 0 Å². The highest BCUT2D eigenvalue weighted by Crippen LogP contribution is 2.55. The standard InChI is InChI=1S/C10H12O5/c1-14-8(12)10(9(13)15-2)6-7(10)4-3-5-11/h3-5,7H,6H2,1-2H3/b4-3-. The summed E-state index contributed by atoms with van der Waals surface area (Å²) in [5, 5.41) is 0. The minimum atomic E-state index is -1.23. The number of hydrogen-bond donors (Lipinski definition) is 0. The van der Waals surface area contributed by atoms with Crippen LogP contribution in [0.25, 0.3) is 0 Å². The van der Waals surface area contributed by atoms with Crippen LogP contribution in [0.2, 0.25) is 0 Å². The predicted octanol–water partition coefficient (Wildman–Crippen LogP) is 0.0938. The van der Waals surface area contributed by atoms with Crippen LogP contribution in [0, 0.1) is 11.3 Å². The zero-order valence-electron chi connectivity index (χ0n) is 8.56. The molecule has 1 fully saturated rings. The van der Waals surface area contributed by atoms with E-state index in [1.807, 2.05) is 0 Å². The quantitative estimate of drug-likeness (QED) is 0.286. The van der Waals surface area contributed by atoms with E-state index in [0.717, 1.165) is 0 Å². The molecule has 82 valence electrons. The molecule has 0 spiro atoms. The maximum Gasteiger partial charge on any atom is 0.323 e. The average molecular weight is 212 g/mol. The minimum absolute atomic E-state index is 0.303. The molecule has 1 rings (SSSR count). The summed E-state index contributed by atoms with van der Waals surface area (Å²) >= 11 is 0. The van der Waals surface area contributed by atoms with Crippen LogP contribution in [-0.4, -0.2) is 32.4 Å². The Labute approximate surface area is 87.0 Å². The van der Waals surface area contributed by atoms with E-state index in [-0.39, 0.29) is 5.92 Å². The van der Waals surface area contributed by atoms with Gasteiger partial charge in [-0.2, -0.15) is 0 Å². The first kappa shape index (κ1) is 11.4. The van der Waals surface area contributed by atoms with Gasteiger partial charge in [-0.1, -0.05) is 6.08 Å². The summed E-state index contributed by atoms with van der Waals surface area (Å²) in [5.74, 6) is -1.53. The van der Waals surface area contributed by atoms with E-state index in [2.05, 4.69) is 9.47 Å². The molecule has 1 aliphatic carbocycles. The van der Waals surface area contributed by atoms with Crippen LogP contribution in [0.1, 0.15) is 6.42 Å². The molecule has 1 atom stereocenters. The monoisotopic (exact) mass is 212 g/mol. The molecule has 0 aromatic rings. The minimum Gasteiger partial charge on any atom is -0.468 e. The Hall–Kier alpha value is -1.65. The Bertz CT molecular complexity index is 302. The largest absolute Gasteiger partial charge is 0.468 e. The van der Waals surface area contributed by atoms with E-state index in [1.54, 1.807) is 0 Å². The molecule has 5 nitrogen and oxygen atoms in total. The van der Waals surface area contributed by atoms with Crippen molar-refractivity contribution in [2.75, 3.05) is 14.2 Å². The summed E-state index contributed by atoms with van der Waals surface area (Å²) in [6.07, 6.45) is 3.70. The van der Waals surface area contributed by atoms with Crippen molar-refractivity contribution >= 4 is 18.2 Å². The van der Waals surface area contributed by atoms with Gasteiger partial charge >= 0.3 is 11.9 Å². The number of allylic oxidation sites excluding steroid dienone is 2. The Morgan fingerprint density at radius 1 is 1.27 bits per heavy atom. The molecule has 15 heavy (non-hydrogen) atoms. The van der Waals surface area contributed by atoms with Crippen molar-refractivity contribution in [3.63, 3.8) is 0 Å². The molecule has 0 aromatic heterocycles. The van der Waals surface area contributed by atoms with Gasteiger partial charge in [-0.15, -0.1) is 0 Å². The van der Waals surface area contributed by atoms with Crippen LogP contribution in [0.3, 0.4) is 0 Å². The van der Waals surface area contributed by atoms with Gasteiger partial charge < -0.3 is 9.47 Å². The summed E-state index contributed by atoms with van der Waals surface area (Å²) in [6.45, 7) is 0. The van der Waals surface area contributed by atoms with Crippen LogP contribution in [0.15, 0.2) is 12.2 Å². The average Bonchev–Trinajstić information content (AvgIpc) is 2.99. The topological polar surface area (TPSA) is 69.7 Å². The van der Waals surface area contributed by atoms with Gasteiger partial charge in [0.25, 0.3) is 0 Å². The van der Waals surface area contributed by atoms with Crippen LogP contribution in [0.5, 0.6) is 0 Å². The maximum absolute atomic E-state index is 11.4. The van der Waals surface area contributed by atoms with Gasteiger partial charge in [0.05, 0.1) is 14.2 Å². The lowest BCUT2D eigenvalue weighted by molar-refractivity contribution is -0.161. The highest BCUT2D eigenvalue weighted by molar-refractivity contribution is 6.04. The van der Waals surface area contributed by atoms with Gasteiger partial charge in [0, 0.05) is 5.92 Å². The lowest BCUT2D eigenvalue weighted by Crippen LogP contribution is -2.30. The van der Waals surface area contributed by atoms with Crippen LogP contribution in [0.4, 0.5) is 0 Å². The normalized spacial score (nSPS) is 22.1. The van der Waals surface area contributed by atoms with Crippen molar-refractivity contribution in [1.82, 2.24) is 0 Å². The lowest BCUT2D eigenvalue weighted by atomic mass is 10.0. The second-order valence-corrected chi connectivity index (χ2v) is 3.29. The molecule has 5 heteroatoms. The molecule has 1 aliphatic rings. The van der Waals surface area contributed by atoms with E-state index >= 15 is 0 Å². The Balaban J connectivity index is 2.84. The first-order valence-corrected chi connectivity index (χ1v) is 4.42. The Morgan fingerprint density at radius 3 is 2.20 bits per heavy atom. The summed E-state index contributed by atoms with van der Waals surface area (Å²) < 4.78 is 9.10. The van der Waals surface area contributed by atoms with Gasteiger partial charge in [0.2, 0.25) is 0 Å². The first-order valence-electron chi connectivity index (χ1n) is 4.42. The van der Waals surface area contributed by atoms with E-state index in [1.165, 1.54) is 26.4 Å². The van der Waals surface area contributed by atoms with E-state index in [0.29, 0.717) is 12.7 Å². The number of carbonyl (C=O) groups is 3. The highest BCUT2D eigenvalue weighted by atomic mass is 16.5. The fraction of sp³-hybridized carbons (Fsp3) is 0.500. The number of carbonyl (C=O) groups excluding carboxylic acids is 3. The number of esters is 2. The van der Waals surface area contributed by atoms with Gasteiger partial charge in [-0.05, 0) is 12.5 Å². The predicted molar refractivity (Wildman–Crippen MR) is 49.8 cm³/mol. The third-order valence-electron chi connectivity index (χ3n) is 2.54. The summed E-state index contributed by atoms with van der Waals surface area (Å²) in [7, 11) is 2.43. The molecule has 1 saturated carbocycles. The number of rotatable bonds is 4. The molecule has 0 heterocycles. The van der Waals surface area contributed by atoms with Crippen LogP contribution in [-0.2, 0) is 23.9 Å². The Morgan fingerprint density at radius 2 is 1.80 bits per heavy atom. The van der Waals surface area contributed by atoms with Gasteiger partial charge in [-0.3, -0.25) is 14.4 Å². The lowest BCUT2D eigenvalue weighted by Gasteiger charge is -2.10. The summed E-state index contributed by atoms with van der Waals surface area (Å²) in [6, 6.07) is 0. The number of methoxy groups -OCH3 is 2. The molecule has 0 saturated heterocycles. The molecule has 0 aromatic carbocycles. The van der Waals surface area contributed by atoms with Crippen molar-refractivity contribution in [3.05, 3.63) is 12.2 Å². The highest BCUT2D eigenvalue weighted by Gasteiger charge is 2.66. The van der Waals surface area contributed by atoms with Crippen molar-refractivity contribution in [1.29, 1.82) is 0 Å². The van der Waals surface area contributed by atoms with Gasteiger partial charge in [-0.25, -0.2) is 0 Å². The molecular formula is C10H12O5. The third kappa shape index (κ3) is 1.77. The molecule has 0 amide bonds. The molecular weight excluding hydrogens is 200 g/mol. The zero-order valence-corrected chi connectivity index (χ0v) is 8.56. The third-order valence-corrected chi connectivity index (χ3v) is 2.54.